The van der Waals surface area contributed by atoms with Gasteiger partial charge >= 0.3 is 0 Å². The second kappa shape index (κ2) is 6.67. The van der Waals surface area contributed by atoms with Gasteiger partial charge in [-0.2, -0.15) is 0 Å². The second-order valence-electron chi connectivity index (χ2n) is 3.77. The standard InChI is InChI=1S/C14H11S.ClH.Hf/c1-2-6-11(5-1)13-9-15-10-14(13)12-7-3-4-8-12;;/h1-5,7,9H,6,8H2;1H;/q-1;;. The Morgan fingerprint density at radius 2 is 1.65 bits per heavy atom. The average Bonchev–Trinajstić information content (AvgIpc) is 3.01. The molecule has 1 aromatic rings. The predicted octanol–water partition coefficient (Wildman–Crippen LogP) is 4.65. The fourth-order valence-corrected chi connectivity index (χ4v) is 2.82. The molecule has 0 bridgehead atoms. The van der Waals surface area contributed by atoms with E-state index in [4.69, 9.17) is 0 Å². The molecule has 0 aromatic carbocycles. The first kappa shape index (κ1) is 14.9. The van der Waals surface area contributed by atoms with Gasteiger partial charge in [0.15, 0.2) is 0 Å². The number of thiophene rings is 1. The van der Waals surface area contributed by atoms with Crippen LogP contribution < -0.4 is 0 Å². The molecule has 0 spiro atoms. The minimum atomic E-state index is 0. The van der Waals surface area contributed by atoms with E-state index in [1.165, 1.54) is 22.3 Å². The SMILES string of the molecule is Cl.[Hf].[c-]1scc(C2=CC=CC2)c1C1=CC=CC1. The molecular formula is C14H12ClHfS-. The van der Waals surface area contributed by atoms with Gasteiger partial charge in [-0.1, -0.05) is 41.3 Å². The Balaban J connectivity index is 0.000000722. The van der Waals surface area contributed by atoms with Gasteiger partial charge in [-0.25, -0.2) is 0 Å². The molecule has 0 radical (unpaired) electrons. The van der Waals surface area contributed by atoms with Crippen molar-refractivity contribution in [3.63, 3.8) is 0 Å². The van der Waals surface area contributed by atoms with E-state index in [2.05, 4.69) is 47.2 Å². The van der Waals surface area contributed by atoms with Crippen LogP contribution in [0.5, 0.6) is 0 Å². The molecule has 0 saturated heterocycles. The maximum Gasteiger partial charge on any atom is 0 e. The molecule has 2 aliphatic carbocycles. The van der Waals surface area contributed by atoms with Gasteiger partial charge in [0.1, 0.15) is 0 Å². The van der Waals surface area contributed by atoms with Gasteiger partial charge in [-0.15, -0.1) is 40.6 Å². The van der Waals surface area contributed by atoms with E-state index in [1.54, 1.807) is 11.3 Å². The second-order valence-corrected chi connectivity index (χ2v) is 4.45. The summed E-state index contributed by atoms with van der Waals surface area (Å²) >= 11 is 1.68. The molecule has 0 aliphatic heterocycles. The Kier molecular flexibility index (Phi) is 5.84. The summed E-state index contributed by atoms with van der Waals surface area (Å²) in [7, 11) is 0. The van der Waals surface area contributed by atoms with Gasteiger partial charge < -0.3 is 0 Å². The smallest absolute Gasteiger partial charge is 0 e. The fraction of sp³-hybridized carbons (Fsp3) is 0.143. The van der Waals surface area contributed by atoms with Crippen molar-refractivity contribution in [2.24, 2.45) is 0 Å². The summed E-state index contributed by atoms with van der Waals surface area (Å²) in [5.41, 5.74) is 5.51. The summed E-state index contributed by atoms with van der Waals surface area (Å²) in [5, 5.41) is 5.60. The summed E-state index contributed by atoms with van der Waals surface area (Å²) < 4.78 is 0. The Morgan fingerprint density at radius 3 is 2.24 bits per heavy atom. The van der Waals surface area contributed by atoms with Gasteiger partial charge in [0.2, 0.25) is 0 Å². The number of allylic oxidation sites excluding steroid dienone is 8. The first-order valence-electron chi connectivity index (χ1n) is 5.16. The van der Waals surface area contributed by atoms with Crippen molar-refractivity contribution >= 4 is 34.9 Å². The zero-order valence-electron chi connectivity index (χ0n) is 9.27. The van der Waals surface area contributed by atoms with Crippen LogP contribution in [-0.2, 0) is 25.8 Å². The summed E-state index contributed by atoms with van der Waals surface area (Å²) in [5.74, 6) is 0. The Hall–Kier alpha value is -0.180. The van der Waals surface area contributed by atoms with Gasteiger partial charge in [0.25, 0.3) is 0 Å². The maximum atomic E-state index is 3.39. The van der Waals surface area contributed by atoms with Crippen LogP contribution in [0.4, 0.5) is 0 Å². The number of rotatable bonds is 2. The first-order valence-corrected chi connectivity index (χ1v) is 6.04. The predicted molar refractivity (Wildman–Crippen MR) is 73.9 cm³/mol. The van der Waals surface area contributed by atoms with Gasteiger partial charge in [0.05, 0.1) is 0 Å². The van der Waals surface area contributed by atoms with Crippen molar-refractivity contribution in [2.75, 3.05) is 0 Å². The Bertz CT molecular complexity index is 462. The van der Waals surface area contributed by atoms with Gasteiger partial charge in [-0.05, 0) is 12.8 Å². The molecule has 0 nitrogen and oxygen atoms in total. The minimum Gasteiger partial charge on any atom is -0.264 e. The van der Waals surface area contributed by atoms with Crippen LogP contribution in [0.1, 0.15) is 24.0 Å². The van der Waals surface area contributed by atoms with Crippen LogP contribution in [0.2, 0.25) is 0 Å². The zero-order valence-corrected chi connectivity index (χ0v) is 14.5. The topological polar surface area (TPSA) is 0 Å². The van der Waals surface area contributed by atoms with Crippen LogP contribution in [0.25, 0.3) is 11.1 Å². The molecule has 2 aliphatic rings. The van der Waals surface area contributed by atoms with Crippen LogP contribution in [0.3, 0.4) is 0 Å². The monoisotopic (exact) mass is 427 g/mol. The fourth-order valence-electron chi connectivity index (χ4n) is 2.02. The van der Waals surface area contributed by atoms with E-state index in [9.17, 15) is 0 Å². The molecule has 3 heteroatoms. The third-order valence-corrected chi connectivity index (χ3v) is 3.49. The quantitative estimate of drug-likeness (QED) is 0.477. The molecule has 1 heterocycles. The van der Waals surface area contributed by atoms with Crippen molar-refractivity contribution in [1.29, 1.82) is 0 Å². The number of halogens is 1. The zero-order chi connectivity index (χ0) is 10.1. The third kappa shape index (κ3) is 2.98. The van der Waals surface area contributed by atoms with Crippen LogP contribution >= 0.6 is 23.7 Å². The molecule has 0 saturated carbocycles. The number of hydrogen-bond donors (Lipinski definition) is 0. The molecule has 86 valence electrons. The van der Waals surface area contributed by atoms with Crippen LogP contribution in [0.15, 0.2) is 41.8 Å². The third-order valence-electron chi connectivity index (χ3n) is 2.82. The molecule has 3 rings (SSSR count). The van der Waals surface area contributed by atoms with Crippen molar-refractivity contribution < 1.29 is 25.8 Å². The largest absolute Gasteiger partial charge is 0.264 e. The van der Waals surface area contributed by atoms with Gasteiger partial charge in [-0.3, -0.25) is 11.3 Å². The molecule has 0 fully saturated rings. The van der Waals surface area contributed by atoms with Crippen molar-refractivity contribution in [3.05, 3.63) is 58.3 Å². The maximum absolute atomic E-state index is 3.39. The van der Waals surface area contributed by atoms with E-state index in [0.717, 1.165) is 12.8 Å². The Labute approximate surface area is 131 Å². The van der Waals surface area contributed by atoms with E-state index in [0.29, 0.717) is 0 Å². The van der Waals surface area contributed by atoms with Crippen LogP contribution in [-0.4, -0.2) is 0 Å². The number of hydrogen-bond acceptors (Lipinski definition) is 1. The van der Waals surface area contributed by atoms with Gasteiger partial charge in [0, 0.05) is 25.8 Å². The van der Waals surface area contributed by atoms with E-state index in [-0.39, 0.29) is 38.3 Å². The molecular weight excluding hydrogens is 414 g/mol. The van der Waals surface area contributed by atoms with E-state index < -0.39 is 0 Å². The molecule has 0 atom stereocenters. The molecule has 0 amide bonds. The van der Waals surface area contributed by atoms with Crippen molar-refractivity contribution in [2.45, 2.75) is 12.8 Å². The molecule has 0 N–H and O–H groups in total. The molecule has 1 aromatic heterocycles. The summed E-state index contributed by atoms with van der Waals surface area (Å²) in [6.45, 7) is 0. The van der Waals surface area contributed by atoms with Crippen molar-refractivity contribution in [1.82, 2.24) is 0 Å². The summed E-state index contributed by atoms with van der Waals surface area (Å²) in [6.07, 6.45) is 15.2. The first-order chi connectivity index (χ1) is 7.45. The van der Waals surface area contributed by atoms with Crippen molar-refractivity contribution in [3.8, 4) is 0 Å². The minimum absolute atomic E-state index is 0. The Morgan fingerprint density at radius 1 is 1.00 bits per heavy atom. The average molecular weight is 426 g/mol. The van der Waals surface area contributed by atoms with Crippen LogP contribution in [0, 0.1) is 5.38 Å². The van der Waals surface area contributed by atoms with E-state index >= 15 is 0 Å². The summed E-state index contributed by atoms with van der Waals surface area (Å²) in [4.78, 5) is 0. The normalized spacial score (nSPS) is 16.2. The van der Waals surface area contributed by atoms with E-state index in [1.807, 2.05) is 0 Å². The molecule has 0 unspecified atom stereocenters. The summed E-state index contributed by atoms with van der Waals surface area (Å²) in [6, 6.07) is 0. The molecule has 17 heavy (non-hydrogen) atoms.